The lowest BCUT2D eigenvalue weighted by Crippen LogP contribution is -2.35. The summed E-state index contributed by atoms with van der Waals surface area (Å²) in [7, 11) is -2.01. The maximum absolute atomic E-state index is 12.6. The molecule has 1 aromatic rings. The van der Waals surface area contributed by atoms with E-state index in [4.69, 9.17) is 16.3 Å². The fourth-order valence-electron chi connectivity index (χ4n) is 2.25. The van der Waals surface area contributed by atoms with Crippen LogP contribution in [0.2, 0.25) is 0 Å². The molecule has 1 aliphatic rings. The van der Waals surface area contributed by atoms with E-state index in [1.165, 1.54) is 11.4 Å². The molecular weight excluding hydrogens is 286 g/mol. The van der Waals surface area contributed by atoms with E-state index in [2.05, 4.69) is 0 Å². The zero-order valence-electron chi connectivity index (χ0n) is 10.9. The van der Waals surface area contributed by atoms with Gasteiger partial charge >= 0.3 is 0 Å². The molecule has 1 saturated heterocycles. The summed E-state index contributed by atoms with van der Waals surface area (Å²) in [5, 5.41) is 0. The summed E-state index contributed by atoms with van der Waals surface area (Å²) in [5.74, 6) is 0.659. The number of halogens is 1. The highest BCUT2D eigenvalue weighted by Crippen LogP contribution is 2.29. The third-order valence-corrected chi connectivity index (χ3v) is 5.54. The normalized spacial score (nSPS) is 17.4. The van der Waals surface area contributed by atoms with Crippen LogP contribution >= 0.6 is 11.6 Å². The molecule has 1 aromatic carbocycles. The standard InChI is InChI=1S/C13H18ClNO3S/c1-18-12-6-5-11(10-14)9-13(12)19(16,17)15-7-3-2-4-8-15/h5-6,9H,2-4,7-8,10H2,1H3. The van der Waals surface area contributed by atoms with Crippen LogP contribution in [0, 0.1) is 0 Å². The maximum atomic E-state index is 12.6. The molecule has 0 N–H and O–H groups in total. The molecule has 1 aliphatic heterocycles. The number of benzene rings is 1. The van der Waals surface area contributed by atoms with E-state index in [9.17, 15) is 8.42 Å². The van der Waals surface area contributed by atoms with Gasteiger partial charge in [0.1, 0.15) is 10.6 Å². The van der Waals surface area contributed by atoms with Crippen LogP contribution in [0.3, 0.4) is 0 Å². The molecule has 4 nitrogen and oxygen atoms in total. The molecular formula is C13H18ClNO3S. The van der Waals surface area contributed by atoms with E-state index >= 15 is 0 Å². The number of methoxy groups -OCH3 is 1. The molecule has 0 saturated carbocycles. The van der Waals surface area contributed by atoms with Crippen molar-refractivity contribution < 1.29 is 13.2 Å². The van der Waals surface area contributed by atoms with Crippen LogP contribution in [0.5, 0.6) is 5.75 Å². The Labute approximate surface area is 119 Å². The Bertz CT molecular complexity index is 539. The molecule has 6 heteroatoms. The third-order valence-electron chi connectivity index (χ3n) is 3.32. The van der Waals surface area contributed by atoms with Gasteiger partial charge in [-0.15, -0.1) is 11.6 Å². The summed E-state index contributed by atoms with van der Waals surface area (Å²) >= 11 is 5.78. The second-order valence-corrected chi connectivity index (χ2v) is 6.76. The van der Waals surface area contributed by atoms with E-state index in [0.29, 0.717) is 18.8 Å². The largest absolute Gasteiger partial charge is 0.495 e. The Kier molecular flexibility index (Phi) is 4.71. The van der Waals surface area contributed by atoms with Crippen molar-refractivity contribution in [2.24, 2.45) is 0 Å². The topological polar surface area (TPSA) is 46.6 Å². The van der Waals surface area contributed by atoms with Gasteiger partial charge in [0.05, 0.1) is 7.11 Å². The highest BCUT2D eigenvalue weighted by Gasteiger charge is 2.28. The molecule has 0 aromatic heterocycles. The van der Waals surface area contributed by atoms with Crippen LogP contribution < -0.4 is 4.74 Å². The van der Waals surface area contributed by atoms with Crippen molar-refractivity contribution in [3.8, 4) is 5.75 Å². The minimum atomic E-state index is -3.49. The van der Waals surface area contributed by atoms with Crippen molar-refractivity contribution >= 4 is 21.6 Å². The molecule has 0 bridgehead atoms. The van der Waals surface area contributed by atoms with Crippen LogP contribution in [0.1, 0.15) is 24.8 Å². The highest BCUT2D eigenvalue weighted by atomic mass is 35.5. The van der Waals surface area contributed by atoms with E-state index in [-0.39, 0.29) is 10.8 Å². The Hall–Kier alpha value is -0.780. The van der Waals surface area contributed by atoms with Gasteiger partial charge in [0.2, 0.25) is 10.0 Å². The average molecular weight is 304 g/mol. The van der Waals surface area contributed by atoms with Crippen LogP contribution in [-0.4, -0.2) is 32.9 Å². The van der Waals surface area contributed by atoms with Gasteiger partial charge in [-0.1, -0.05) is 12.5 Å². The van der Waals surface area contributed by atoms with Crippen molar-refractivity contribution in [1.29, 1.82) is 0 Å². The molecule has 0 unspecified atom stereocenters. The Morgan fingerprint density at radius 1 is 1.26 bits per heavy atom. The number of piperidine rings is 1. The molecule has 0 atom stereocenters. The van der Waals surface area contributed by atoms with E-state index < -0.39 is 10.0 Å². The average Bonchev–Trinajstić information content (AvgIpc) is 2.47. The van der Waals surface area contributed by atoms with E-state index in [1.807, 2.05) is 0 Å². The number of alkyl halides is 1. The summed E-state index contributed by atoms with van der Waals surface area (Å²) in [6.45, 7) is 1.16. The van der Waals surface area contributed by atoms with Crippen LogP contribution in [0.25, 0.3) is 0 Å². The van der Waals surface area contributed by atoms with Crippen molar-refractivity contribution in [1.82, 2.24) is 4.31 Å². The zero-order chi connectivity index (χ0) is 13.9. The van der Waals surface area contributed by atoms with Gasteiger partial charge in [0.25, 0.3) is 0 Å². The monoisotopic (exact) mass is 303 g/mol. The summed E-state index contributed by atoms with van der Waals surface area (Å²) in [5.41, 5.74) is 0.776. The minimum absolute atomic E-state index is 0.218. The van der Waals surface area contributed by atoms with Gasteiger partial charge in [-0.05, 0) is 30.5 Å². The van der Waals surface area contributed by atoms with Crippen molar-refractivity contribution in [3.05, 3.63) is 23.8 Å². The van der Waals surface area contributed by atoms with Crippen molar-refractivity contribution in [3.63, 3.8) is 0 Å². The summed E-state index contributed by atoms with van der Waals surface area (Å²) < 4.78 is 32.0. The smallest absolute Gasteiger partial charge is 0.246 e. The number of sulfonamides is 1. The van der Waals surface area contributed by atoms with Gasteiger partial charge in [-0.3, -0.25) is 0 Å². The lowest BCUT2D eigenvalue weighted by atomic mass is 10.2. The SMILES string of the molecule is COc1ccc(CCl)cc1S(=O)(=O)N1CCCCC1. The van der Waals surface area contributed by atoms with Crippen molar-refractivity contribution in [2.75, 3.05) is 20.2 Å². The summed E-state index contributed by atoms with van der Waals surface area (Å²) in [4.78, 5) is 0.218. The molecule has 0 aliphatic carbocycles. The first-order valence-corrected chi connectivity index (χ1v) is 8.30. The second-order valence-electron chi connectivity index (χ2n) is 4.58. The predicted octanol–water partition coefficient (Wildman–Crippen LogP) is 2.61. The van der Waals surface area contributed by atoms with Gasteiger partial charge in [-0.25, -0.2) is 8.42 Å². The maximum Gasteiger partial charge on any atom is 0.246 e. The lowest BCUT2D eigenvalue weighted by molar-refractivity contribution is 0.342. The Morgan fingerprint density at radius 2 is 1.95 bits per heavy atom. The molecule has 0 radical (unpaired) electrons. The summed E-state index contributed by atoms with van der Waals surface area (Å²) in [6.07, 6.45) is 2.92. The second kappa shape index (κ2) is 6.11. The minimum Gasteiger partial charge on any atom is -0.495 e. The molecule has 2 rings (SSSR count). The number of ether oxygens (including phenoxy) is 1. The quantitative estimate of drug-likeness (QED) is 0.803. The first-order chi connectivity index (χ1) is 9.09. The highest BCUT2D eigenvalue weighted by molar-refractivity contribution is 7.89. The van der Waals surface area contributed by atoms with Crippen LogP contribution in [-0.2, 0) is 15.9 Å². The van der Waals surface area contributed by atoms with Crippen LogP contribution in [0.4, 0.5) is 0 Å². The first kappa shape index (κ1) is 14.6. The predicted molar refractivity (Wildman–Crippen MR) is 75.2 cm³/mol. The Balaban J connectivity index is 2.43. The van der Waals surface area contributed by atoms with E-state index in [0.717, 1.165) is 24.8 Å². The summed E-state index contributed by atoms with van der Waals surface area (Å²) in [6, 6.07) is 5.05. The number of rotatable bonds is 4. The number of hydrogen-bond donors (Lipinski definition) is 0. The van der Waals surface area contributed by atoms with Gasteiger partial charge in [0, 0.05) is 19.0 Å². The molecule has 0 amide bonds. The van der Waals surface area contributed by atoms with Gasteiger partial charge in [-0.2, -0.15) is 4.31 Å². The molecule has 0 spiro atoms. The fourth-order valence-corrected chi connectivity index (χ4v) is 4.14. The lowest BCUT2D eigenvalue weighted by Gasteiger charge is -2.26. The number of nitrogens with zero attached hydrogens (tertiary/aromatic N) is 1. The molecule has 106 valence electrons. The number of hydrogen-bond acceptors (Lipinski definition) is 3. The van der Waals surface area contributed by atoms with Crippen molar-refractivity contribution in [2.45, 2.75) is 30.0 Å². The third kappa shape index (κ3) is 3.04. The van der Waals surface area contributed by atoms with Gasteiger partial charge in [0.15, 0.2) is 0 Å². The van der Waals surface area contributed by atoms with Crippen LogP contribution in [0.15, 0.2) is 23.1 Å². The molecule has 19 heavy (non-hydrogen) atoms. The fraction of sp³-hybridized carbons (Fsp3) is 0.538. The van der Waals surface area contributed by atoms with E-state index in [1.54, 1.807) is 18.2 Å². The molecule has 1 heterocycles. The molecule has 1 fully saturated rings. The zero-order valence-corrected chi connectivity index (χ0v) is 12.5. The first-order valence-electron chi connectivity index (χ1n) is 6.32. The Morgan fingerprint density at radius 3 is 2.53 bits per heavy atom. The van der Waals surface area contributed by atoms with Gasteiger partial charge < -0.3 is 4.74 Å².